The molecule has 1 fully saturated rings. The highest BCUT2D eigenvalue weighted by Gasteiger charge is 2.22. The molecule has 4 rings (SSSR count). The molecule has 0 amide bonds. The molecule has 30 heavy (non-hydrogen) atoms. The Morgan fingerprint density at radius 3 is 2.73 bits per heavy atom. The smallest absolute Gasteiger partial charge is 0.226 e. The van der Waals surface area contributed by atoms with Crippen LogP contribution in [0.5, 0.6) is 5.88 Å². The lowest BCUT2D eigenvalue weighted by atomic mass is 10.1. The molecule has 3 aromatic rings. The molecule has 1 aliphatic carbocycles. The van der Waals surface area contributed by atoms with E-state index >= 15 is 0 Å². The molecule has 0 radical (unpaired) electrons. The second-order valence-electron chi connectivity index (χ2n) is 7.55. The third-order valence-corrected chi connectivity index (χ3v) is 4.93. The van der Waals surface area contributed by atoms with Gasteiger partial charge in [-0.05, 0) is 49.4 Å². The molecule has 2 aromatic heterocycles. The average molecular weight is 406 g/mol. The highest BCUT2D eigenvalue weighted by atomic mass is 16.5. The summed E-state index contributed by atoms with van der Waals surface area (Å²) in [5.41, 5.74) is 4.07. The third kappa shape index (κ3) is 5.59. The standard InChI is InChI=1S/C23H27N5O2/c1-16-3-7-19(8-4-16)22-28-20(15-30-22)13-27-23(24-2)26-12-18-9-10-25-21(11-18)29-14-17-5-6-17/h3-4,7-11,15,17H,5-6,12-14H2,1-2H3,(H2,24,26,27). The van der Waals surface area contributed by atoms with Crippen molar-refractivity contribution in [2.24, 2.45) is 10.9 Å². The molecule has 0 aliphatic heterocycles. The molecule has 156 valence electrons. The molecular formula is C23H27N5O2. The van der Waals surface area contributed by atoms with Crippen LogP contribution < -0.4 is 15.4 Å². The molecule has 0 saturated heterocycles. The minimum atomic E-state index is 0.515. The minimum absolute atomic E-state index is 0.515. The van der Waals surface area contributed by atoms with Crippen molar-refractivity contribution in [3.8, 4) is 17.3 Å². The Kier molecular flexibility index (Phi) is 6.27. The molecule has 0 unspecified atom stereocenters. The summed E-state index contributed by atoms with van der Waals surface area (Å²) in [5.74, 6) is 2.69. The Morgan fingerprint density at radius 2 is 1.97 bits per heavy atom. The van der Waals surface area contributed by atoms with Gasteiger partial charge < -0.3 is 19.8 Å². The molecule has 0 spiro atoms. The molecule has 7 nitrogen and oxygen atoms in total. The van der Waals surface area contributed by atoms with Crippen molar-refractivity contribution in [1.82, 2.24) is 20.6 Å². The zero-order valence-electron chi connectivity index (χ0n) is 17.4. The van der Waals surface area contributed by atoms with Crippen molar-refractivity contribution in [3.63, 3.8) is 0 Å². The fourth-order valence-corrected chi connectivity index (χ4v) is 2.92. The van der Waals surface area contributed by atoms with Gasteiger partial charge >= 0.3 is 0 Å². The zero-order chi connectivity index (χ0) is 20.8. The summed E-state index contributed by atoms with van der Waals surface area (Å²) in [7, 11) is 1.74. The fraction of sp³-hybridized carbons (Fsp3) is 0.348. The molecular weight excluding hydrogens is 378 g/mol. The van der Waals surface area contributed by atoms with E-state index in [9.17, 15) is 0 Å². The van der Waals surface area contributed by atoms with E-state index in [0.717, 1.165) is 23.4 Å². The van der Waals surface area contributed by atoms with Crippen LogP contribution >= 0.6 is 0 Å². The summed E-state index contributed by atoms with van der Waals surface area (Å²) in [4.78, 5) is 13.1. The maximum absolute atomic E-state index is 5.75. The number of benzene rings is 1. The second-order valence-corrected chi connectivity index (χ2v) is 7.55. The largest absolute Gasteiger partial charge is 0.477 e. The first kappa shape index (κ1) is 19.9. The number of aliphatic imine (C=N–C) groups is 1. The van der Waals surface area contributed by atoms with E-state index in [0.29, 0.717) is 36.7 Å². The predicted molar refractivity (Wildman–Crippen MR) is 116 cm³/mol. The van der Waals surface area contributed by atoms with Gasteiger partial charge in [0.2, 0.25) is 11.8 Å². The van der Waals surface area contributed by atoms with Crippen LogP contribution in [-0.2, 0) is 13.1 Å². The summed E-state index contributed by atoms with van der Waals surface area (Å²) in [6.07, 6.45) is 5.97. The van der Waals surface area contributed by atoms with Crippen molar-refractivity contribution >= 4 is 5.96 Å². The number of nitrogens with one attached hydrogen (secondary N) is 2. The number of hydrogen-bond donors (Lipinski definition) is 2. The van der Waals surface area contributed by atoms with E-state index in [4.69, 9.17) is 9.15 Å². The van der Waals surface area contributed by atoms with Gasteiger partial charge in [-0.25, -0.2) is 9.97 Å². The van der Waals surface area contributed by atoms with Crippen LogP contribution in [0.1, 0.15) is 29.7 Å². The molecule has 1 aliphatic rings. The van der Waals surface area contributed by atoms with Crippen LogP contribution in [0.2, 0.25) is 0 Å². The predicted octanol–water partition coefficient (Wildman–Crippen LogP) is 3.70. The van der Waals surface area contributed by atoms with Crippen molar-refractivity contribution in [1.29, 1.82) is 0 Å². The lowest BCUT2D eigenvalue weighted by Gasteiger charge is -2.11. The van der Waals surface area contributed by atoms with Crippen LogP contribution in [0.4, 0.5) is 0 Å². The Morgan fingerprint density at radius 1 is 1.17 bits per heavy atom. The van der Waals surface area contributed by atoms with Crippen molar-refractivity contribution in [2.45, 2.75) is 32.9 Å². The molecule has 0 bridgehead atoms. The molecule has 1 saturated carbocycles. The van der Waals surface area contributed by atoms with E-state index in [1.807, 2.05) is 36.4 Å². The lowest BCUT2D eigenvalue weighted by molar-refractivity contribution is 0.288. The number of oxazole rings is 1. The first-order valence-electron chi connectivity index (χ1n) is 10.2. The highest BCUT2D eigenvalue weighted by Crippen LogP contribution is 2.29. The van der Waals surface area contributed by atoms with E-state index in [1.165, 1.54) is 18.4 Å². The number of guanidine groups is 1. The second kappa shape index (κ2) is 9.43. The topological polar surface area (TPSA) is 84.6 Å². The summed E-state index contributed by atoms with van der Waals surface area (Å²) in [5, 5.41) is 6.56. The fourth-order valence-electron chi connectivity index (χ4n) is 2.92. The number of ether oxygens (including phenoxy) is 1. The van der Waals surface area contributed by atoms with Gasteiger partial charge in [0, 0.05) is 31.4 Å². The van der Waals surface area contributed by atoms with Crippen LogP contribution in [0.15, 0.2) is 58.3 Å². The Bertz CT molecular complexity index is 993. The van der Waals surface area contributed by atoms with Crippen LogP contribution in [-0.4, -0.2) is 29.6 Å². The number of rotatable bonds is 8. The van der Waals surface area contributed by atoms with E-state index in [2.05, 4.69) is 32.5 Å². The zero-order valence-corrected chi connectivity index (χ0v) is 17.4. The summed E-state index contributed by atoms with van der Waals surface area (Å²) >= 11 is 0. The molecule has 2 N–H and O–H groups in total. The molecule has 0 atom stereocenters. The van der Waals surface area contributed by atoms with Crippen LogP contribution in [0, 0.1) is 12.8 Å². The summed E-state index contributed by atoms with van der Waals surface area (Å²) < 4.78 is 11.4. The van der Waals surface area contributed by atoms with Gasteiger partial charge in [0.1, 0.15) is 6.26 Å². The normalized spacial score (nSPS) is 13.9. The van der Waals surface area contributed by atoms with Crippen molar-refractivity contribution < 1.29 is 9.15 Å². The molecule has 1 aromatic carbocycles. The van der Waals surface area contributed by atoms with Gasteiger partial charge in [-0.3, -0.25) is 4.99 Å². The van der Waals surface area contributed by atoms with Gasteiger partial charge in [0.05, 0.1) is 18.8 Å². The third-order valence-electron chi connectivity index (χ3n) is 4.93. The van der Waals surface area contributed by atoms with Gasteiger partial charge in [-0.2, -0.15) is 0 Å². The lowest BCUT2D eigenvalue weighted by Crippen LogP contribution is -2.36. The van der Waals surface area contributed by atoms with Gasteiger partial charge in [0.15, 0.2) is 5.96 Å². The van der Waals surface area contributed by atoms with Crippen LogP contribution in [0.25, 0.3) is 11.5 Å². The van der Waals surface area contributed by atoms with Crippen LogP contribution in [0.3, 0.4) is 0 Å². The maximum atomic E-state index is 5.75. The Hall–Kier alpha value is -3.35. The first-order valence-corrected chi connectivity index (χ1v) is 10.2. The minimum Gasteiger partial charge on any atom is -0.477 e. The Labute approximate surface area is 176 Å². The number of aromatic nitrogens is 2. The number of hydrogen-bond acceptors (Lipinski definition) is 5. The number of pyridine rings is 1. The number of nitrogens with zero attached hydrogens (tertiary/aromatic N) is 3. The monoisotopic (exact) mass is 405 g/mol. The highest BCUT2D eigenvalue weighted by molar-refractivity contribution is 5.79. The SMILES string of the molecule is CN=C(NCc1ccnc(OCC2CC2)c1)NCc1coc(-c2ccc(C)cc2)n1. The molecule has 7 heteroatoms. The van der Waals surface area contributed by atoms with E-state index in [-0.39, 0.29) is 0 Å². The quantitative estimate of drug-likeness (QED) is 0.439. The van der Waals surface area contributed by atoms with Gasteiger partial charge in [-0.15, -0.1) is 0 Å². The van der Waals surface area contributed by atoms with Gasteiger partial charge in [-0.1, -0.05) is 17.7 Å². The first-order chi connectivity index (χ1) is 14.7. The molecule has 2 heterocycles. The van der Waals surface area contributed by atoms with E-state index < -0.39 is 0 Å². The van der Waals surface area contributed by atoms with E-state index in [1.54, 1.807) is 19.5 Å². The van der Waals surface area contributed by atoms with Crippen molar-refractivity contribution in [2.75, 3.05) is 13.7 Å². The average Bonchev–Trinajstić information content (AvgIpc) is 3.49. The van der Waals surface area contributed by atoms with Crippen molar-refractivity contribution in [3.05, 3.63) is 65.7 Å². The summed E-state index contributed by atoms with van der Waals surface area (Å²) in [6.45, 7) is 3.95. The maximum Gasteiger partial charge on any atom is 0.226 e. The van der Waals surface area contributed by atoms with Gasteiger partial charge in [0.25, 0.3) is 0 Å². The Balaban J connectivity index is 1.27. The number of aryl methyl sites for hydroxylation is 1. The summed E-state index contributed by atoms with van der Waals surface area (Å²) in [6, 6.07) is 12.0.